The van der Waals surface area contributed by atoms with Crippen LogP contribution in [-0.4, -0.2) is 30.3 Å². The molecule has 2 heterocycles. The normalized spacial score (nSPS) is 14.3. The van der Waals surface area contributed by atoms with Gasteiger partial charge in [0.25, 0.3) is 0 Å². The summed E-state index contributed by atoms with van der Waals surface area (Å²) in [6, 6.07) is 9.67. The van der Waals surface area contributed by atoms with Gasteiger partial charge < -0.3 is 9.84 Å². The molecular weight excluding hydrogens is 270 g/mol. The lowest BCUT2D eigenvalue weighted by atomic mass is 10.3. The molecular formula is C13H13N7O. The van der Waals surface area contributed by atoms with Crippen LogP contribution in [0.1, 0.15) is 30.5 Å². The van der Waals surface area contributed by atoms with E-state index in [0.717, 1.165) is 24.4 Å². The third-order valence-electron chi connectivity index (χ3n) is 3.29. The van der Waals surface area contributed by atoms with Crippen molar-refractivity contribution in [1.82, 2.24) is 30.3 Å². The van der Waals surface area contributed by atoms with Gasteiger partial charge in [0.2, 0.25) is 11.8 Å². The van der Waals surface area contributed by atoms with Gasteiger partial charge in [-0.15, -0.1) is 0 Å². The first-order valence-electron chi connectivity index (χ1n) is 6.80. The smallest absolute Gasteiger partial charge is 0.248 e. The first kappa shape index (κ1) is 12.0. The first-order chi connectivity index (χ1) is 10.4. The van der Waals surface area contributed by atoms with Gasteiger partial charge >= 0.3 is 0 Å². The van der Waals surface area contributed by atoms with Crippen LogP contribution in [-0.2, 0) is 6.54 Å². The van der Waals surface area contributed by atoms with Crippen molar-refractivity contribution >= 4 is 5.95 Å². The molecule has 1 saturated carbocycles. The number of hydrogen-bond donors (Lipinski definition) is 1. The molecule has 1 fully saturated rings. The molecule has 1 aromatic carbocycles. The summed E-state index contributed by atoms with van der Waals surface area (Å²) >= 11 is 0. The second kappa shape index (κ2) is 4.97. The summed E-state index contributed by atoms with van der Waals surface area (Å²) in [4.78, 5) is 4.36. The monoisotopic (exact) mass is 283 g/mol. The quantitative estimate of drug-likeness (QED) is 0.758. The molecule has 0 amide bonds. The van der Waals surface area contributed by atoms with Gasteiger partial charge in [0.15, 0.2) is 5.82 Å². The molecule has 0 aliphatic heterocycles. The highest BCUT2D eigenvalue weighted by Gasteiger charge is 2.29. The van der Waals surface area contributed by atoms with Crippen molar-refractivity contribution in [1.29, 1.82) is 0 Å². The SMILES string of the molecule is c1ccc(-n2nnnc2NCc2noc(C3CC3)n2)cc1. The lowest BCUT2D eigenvalue weighted by Gasteiger charge is -2.04. The van der Waals surface area contributed by atoms with E-state index < -0.39 is 0 Å². The summed E-state index contributed by atoms with van der Waals surface area (Å²) in [7, 11) is 0. The summed E-state index contributed by atoms with van der Waals surface area (Å²) in [6.45, 7) is 0.420. The predicted octanol–water partition coefficient (Wildman–Crippen LogP) is 1.53. The van der Waals surface area contributed by atoms with Crippen molar-refractivity contribution in [3.63, 3.8) is 0 Å². The fourth-order valence-electron chi connectivity index (χ4n) is 2.03. The van der Waals surface area contributed by atoms with Crippen LogP contribution in [0.4, 0.5) is 5.95 Å². The van der Waals surface area contributed by atoms with Crippen molar-refractivity contribution in [2.75, 3.05) is 5.32 Å². The average molecular weight is 283 g/mol. The van der Waals surface area contributed by atoms with Crippen molar-refractivity contribution in [2.45, 2.75) is 25.3 Å². The maximum atomic E-state index is 5.21. The second-order valence-corrected chi connectivity index (χ2v) is 4.93. The summed E-state index contributed by atoms with van der Waals surface area (Å²) < 4.78 is 6.84. The van der Waals surface area contributed by atoms with Crippen LogP contribution in [0.2, 0.25) is 0 Å². The van der Waals surface area contributed by atoms with Crippen LogP contribution >= 0.6 is 0 Å². The van der Waals surface area contributed by atoms with E-state index in [2.05, 4.69) is 31.0 Å². The average Bonchev–Trinajstić information content (AvgIpc) is 3.10. The van der Waals surface area contributed by atoms with E-state index in [1.807, 2.05) is 30.3 Å². The fraction of sp³-hybridized carbons (Fsp3) is 0.308. The number of nitrogens with one attached hydrogen (secondary N) is 1. The Labute approximate surface area is 120 Å². The molecule has 4 rings (SSSR count). The zero-order chi connectivity index (χ0) is 14.1. The van der Waals surface area contributed by atoms with Crippen LogP contribution in [0, 0.1) is 0 Å². The van der Waals surface area contributed by atoms with E-state index in [-0.39, 0.29) is 0 Å². The topological polar surface area (TPSA) is 94.6 Å². The van der Waals surface area contributed by atoms with E-state index in [4.69, 9.17) is 4.52 Å². The highest BCUT2D eigenvalue weighted by Crippen LogP contribution is 2.38. The molecule has 0 saturated heterocycles. The number of anilines is 1. The molecule has 0 atom stereocenters. The fourth-order valence-corrected chi connectivity index (χ4v) is 2.03. The Kier molecular flexibility index (Phi) is 2.84. The molecule has 1 N–H and O–H groups in total. The molecule has 0 bridgehead atoms. The molecule has 1 aliphatic rings. The third kappa shape index (κ3) is 2.47. The summed E-state index contributed by atoms with van der Waals surface area (Å²) in [5.41, 5.74) is 0.886. The van der Waals surface area contributed by atoms with Crippen molar-refractivity contribution < 1.29 is 4.52 Å². The Bertz CT molecular complexity index is 732. The second-order valence-electron chi connectivity index (χ2n) is 4.93. The highest BCUT2D eigenvalue weighted by atomic mass is 16.5. The summed E-state index contributed by atoms with van der Waals surface area (Å²) in [5.74, 6) is 2.34. The molecule has 3 aromatic rings. The Balaban J connectivity index is 1.48. The van der Waals surface area contributed by atoms with Crippen LogP contribution in [0.25, 0.3) is 5.69 Å². The minimum absolute atomic E-state index is 0.420. The predicted molar refractivity (Wildman–Crippen MR) is 72.8 cm³/mol. The van der Waals surface area contributed by atoms with Crippen molar-refractivity contribution in [3.05, 3.63) is 42.0 Å². The Morgan fingerprint density at radius 3 is 2.90 bits per heavy atom. The van der Waals surface area contributed by atoms with Crippen LogP contribution in [0.5, 0.6) is 0 Å². The molecule has 1 aliphatic carbocycles. The Morgan fingerprint density at radius 1 is 1.24 bits per heavy atom. The molecule has 21 heavy (non-hydrogen) atoms. The van der Waals surface area contributed by atoms with Gasteiger partial charge in [0, 0.05) is 5.92 Å². The number of tetrazole rings is 1. The number of hydrogen-bond acceptors (Lipinski definition) is 7. The van der Waals surface area contributed by atoms with Crippen molar-refractivity contribution in [3.8, 4) is 5.69 Å². The molecule has 0 radical (unpaired) electrons. The van der Waals surface area contributed by atoms with Crippen molar-refractivity contribution in [2.24, 2.45) is 0 Å². The summed E-state index contributed by atoms with van der Waals surface area (Å²) in [6.07, 6.45) is 2.28. The number of aromatic nitrogens is 6. The standard InChI is InChI=1S/C13H13N7O/c1-2-4-10(5-3-1)20-13(16-18-19-20)14-8-11-15-12(21-17-11)9-6-7-9/h1-5,9H,6-8H2,(H,14,16,19). The third-order valence-corrected chi connectivity index (χ3v) is 3.29. The molecule has 106 valence electrons. The largest absolute Gasteiger partial charge is 0.345 e. The van der Waals surface area contributed by atoms with Crippen LogP contribution in [0.3, 0.4) is 0 Å². The van der Waals surface area contributed by atoms with E-state index in [1.54, 1.807) is 4.68 Å². The van der Waals surface area contributed by atoms with Gasteiger partial charge in [0.1, 0.15) is 0 Å². The van der Waals surface area contributed by atoms with Gasteiger partial charge in [0.05, 0.1) is 12.2 Å². The van der Waals surface area contributed by atoms with E-state index in [1.165, 1.54) is 0 Å². The highest BCUT2D eigenvalue weighted by molar-refractivity contribution is 5.38. The lowest BCUT2D eigenvalue weighted by Crippen LogP contribution is -2.08. The number of rotatable bonds is 5. The minimum atomic E-state index is 0.420. The number of nitrogens with zero attached hydrogens (tertiary/aromatic N) is 6. The van der Waals surface area contributed by atoms with Gasteiger partial charge in [-0.2, -0.15) is 9.67 Å². The molecule has 0 spiro atoms. The van der Waals surface area contributed by atoms with E-state index in [9.17, 15) is 0 Å². The molecule has 8 nitrogen and oxygen atoms in total. The molecule has 2 aromatic heterocycles. The van der Waals surface area contributed by atoms with E-state index >= 15 is 0 Å². The number of para-hydroxylation sites is 1. The Morgan fingerprint density at radius 2 is 2.10 bits per heavy atom. The Hall–Kier alpha value is -2.77. The number of benzene rings is 1. The molecule has 0 unspecified atom stereocenters. The first-order valence-corrected chi connectivity index (χ1v) is 6.80. The zero-order valence-corrected chi connectivity index (χ0v) is 11.2. The van der Waals surface area contributed by atoms with Gasteiger partial charge in [-0.3, -0.25) is 0 Å². The van der Waals surface area contributed by atoms with Gasteiger partial charge in [-0.05, 0) is 35.4 Å². The minimum Gasteiger partial charge on any atom is -0.345 e. The molecule has 8 heteroatoms. The van der Waals surface area contributed by atoms with Crippen LogP contribution in [0.15, 0.2) is 34.9 Å². The zero-order valence-electron chi connectivity index (χ0n) is 11.2. The summed E-state index contributed by atoms with van der Waals surface area (Å²) in [5, 5.41) is 18.7. The maximum Gasteiger partial charge on any atom is 0.248 e. The van der Waals surface area contributed by atoms with Gasteiger partial charge in [-0.25, -0.2) is 0 Å². The van der Waals surface area contributed by atoms with Gasteiger partial charge in [-0.1, -0.05) is 28.5 Å². The van der Waals surface area contributed by atoms with Crippen LogP contribution < -0.4 is 5.32 Å². The lowest BCUT2D eigenvalue weighted by molar-refractivity contribution is 0.374. The maximum absolute atomic E-state index is 5.21. The van der Waals surface area contributed by atoms with E-state index in [0.29, 0.717) is 24.2 Å².